The molecule has 5 heteroatoms. The minimum Gasteiger partial charge on any atom is -0.489 e. The van der Waals surface area contributed by atoms with E-state index in [9.17, 15) is 4.79 Å². The Bertz CT molecular complexity index is 822. The van der Waals surface area contributed by atoms with E-state index in [1.807, 2.05) is 24.3 Å². The highest BCUT2D eigenvalue weighted by molar-refractivity contribution is 6.01. The molecule has 136 valence electrons. The van der Waals surface area contributed by atoms with Crippen LogP contribution in [-0.2, 0) is 20.7 Å². The Hall–Kier alpha value is -2.53. The van der Waals surface area contributed by atoms with Crippen LogP contribution in [0.15, 0.2) is 54.3 Å². The van der Waals surface area contributed by atoms with Crippen LogP contribution >= 0.6 is 0 Å². The van der Waals surface area contributed by atoms with Crippen molar-refractivity contribution in [1.29, 1.82) is 0 Å². The maximum absolute atomic E-state index is 12.6. The second kappa shape index (κ2) is 6.32. The highest BCUT2D eigenvalue weighted by atomic mass is 16.7. The predicted molar refractivity (Wildman–Crippen MR) is 96.0 cm³/mol. The molecular weight excluding hydrogens is 332 g/mol. The highest BCUT2D eigenvalue weighted by Crippen LogP contribution is 2.42. The number of carbonyl (C=O) groups is 1. The number of hydrogen-bond acceptors (Lipinski definition) is 5. The van der Waals surface area contributed by atoms with Gasteiger partial charge in [0.2, 0.25) is 6.79 Å². The zero-order chi connectivity index (χ0) is 18.3. The molecule has 0 aromatic heterocycles. The fraction of sp³-hybridized carbons (Fsp3) is 0.381. The Balaban J connectivity index is 1.58. The molecule has 1 aliphatic carbocycles. The van der Waals surface area contributed by atoms with Crippen LogP contribution < -0.4 is 9.47 Å². The average Bonchev–Trinajstić information content (AvgIpc) is 3.21. The summed E-state index contributed by atoms with van der Waals surface area (Å²) in [5, 5.41) is 0. The lowest BCUT2D eigenvalue weighted by atomic mass is 9.82. The summed E-state index contributed by atoms with van der Waals surface area (Å²) >= 11 is 0. The minimum absolute atomic E-state index is 0.0444. The molecule has 0 N–H and O–H groups in total. The maximum Gasteiger partial charge on any atom is 0.231 e. The second-order valence-corrected chi connectivity index (χ2v) is 6.90. The van der Waals surface area contributed by atoms with Gasteiger partial charge < -0.3 is 18.9 Å². The smallest absolute Gasteiger partial charge is 0.231 e. The zero-order valence-corrected chi connectivity index (χ0v) is 15.0. The Morgan fingerprint density at radius 3 is 2.92 bits per heavy atom. The van der Waals surface area contributed by atoms with Gasteiger partial charge >= 0.3 is 0 Å². The van der Waals surface area contributed by atoms with Crippen LogP contribution in [0.3, 0.4) is 0 Å². The Morgan fingerprint density at radius 1 is 1.35 bits per heavy atom. The molecule has 1 fully saturated rings. The molecule has 1 aromatic rings. The quantitative estimate of drug-likeness (QED) is 0.759. The summed E-state index contributed by atoms with van der Waals surface area (Å²) in [5.41, 5.74) is 1.17. The molecule has 0 spiro atoms. The van der Waals surface area contributed by atoms with Gasteiger partial charge in [-0.15, -0.1) is 6.58 Å². The maximum atomic E-state index is 12.6. The van der Waals surface area contributed by atoms with Gasteiger partial charge in [-0.1, -0.05) is 19.1 Å². The summed E-state index contributed by atoms with van der Waals surface area (Å²) in [6.45, 7) is 6.13. The summed E-state index contributed by atoms with van der Waals surface area (Å²) in [7, 11) is 1.56. The molecule has 5 nitrogen and oxygen atoms in total. The number of ether oxygens (including phenoxy) is 4. The average molecular weight is 354 g/mol. The van der Waals surface area contributed by atoms with E-state index >= 15 is 0 Å². The van der Waals surface area contributed by atoms with Crippen LogP contribution in [0.5, 0.6) is 11.5 Å². The number of methoxy groups -OCH3 is 1. The van der Waals surface area contributed by atoms with E-state index in [0.717, 1.165) is 29.1 Å². The molecule has 3 aliphatic rings. The van der Waals surface area contributed by atoms with Crippen LogP contribution in [0.4, 0.5) is 0 Å². The highest BCUT2D eigenvalue weighted by Gasteiger charge is 2.44. The van der Waals surface area contributed by atoms with Crippen LogP contribution in [-0.4, -0.2) is 31.4 Å². The summed E-state index contributed by atoms with van der Waals surface area (Å²) in [6, 6.07) is 5.94. The van der Waals surface area contributed by atoms with E-state index < -0.39 is 5.60 Å². The molecular formula is C21H22O5. The van der Waals surface area contributed by atoms with Crippen molar-refractivity contribution >= 4 is 5.78 Å². The number of allylic oxidation sites excluding steroid dienone is 1. The fourth-order valence-corrected chi connectivity index (χ4v) is 3.78. The number of carbonyl (C=O) groups excluding carboxylic acids is 1. The van der Waals surface area contributed by atoms with Crippen molar-refractivity contribution in [2.75, 3.05) is 13.9 Å². The molecule has 4 rings (SSSR count). The third kappa shape index (κ3) is 2.63. The first-order valence-electron chi connectivity index (χ1n) is 8.77. The van der Waals surface area contributed by atoms with Gasteiger partial charge in [-0.25, -0.2) is 0 Å². The molecule has 0 saturated carbocycles. The lowest BCUT2D eigenvalue weighted by Crippen LogP contribution is -2.39. The summed E-state index contributed by atoms with van der Waals surface area (Å²) < 4.78 is 22.5. The first kappa shape index (κ1) is 16.9. The molecule has 1 aromatic carbocycles. The molecule has 2 heterocycles. The van der Waals surface area contributed by atoms with Crippen LogP contribution in [0.1, 0.15) is 18.9 Å². The Kier molecular flexibility index (Phi) is 4.11. The molecule has 1 saturated heterocycles. The van der Waals surface area contributed by atoms with Gasteiger partial charge in [0.1, 0.15) is 11.9 Å². The van der Waals surface area contributed by atoms with Crippen molar-refractivity contribution in [2.24, 2.45) is 5.92 Å². The van der Waals surface area contributed by atoms with E-state index in [1.54, 1.807) is 19.3 Å². The van der Waals surface area contributed by atoms with Crippen molar-refractivity contribution in [2.45, 2.75) is 31.5 Å². The van der Waals surface area contributed by atoms with Gasteiger partial charge in [-0.2, -0.15) is 0 Å². The third-order valence-corrected chi connectivity index (χ3v) is 5.36. The predicted octanol–water partition coefficient (Wildman–Crippen LogP) is 3.35. The number of ketones is 1. The van der Waals surface area contributed by atoms with E-state index in [2.05, 4.69) is 13.5 Å². The lowest BCUT2D eigenvalue weighted by Gasteiger charge is -2.29. The van der Waals surface area contributed by atoms with Crippen molar-refractivity contribution in [3.63, 3.8) is 0 Å². The van der Waals surface area contributed by atoms with Gasteiger partial charge in [0.15, 0.2) is 22.9 Å². The van der Waals surface area contributed by atoms with Gasteiger partial charge in [0.05, 0.1) is 0 Å². The number of fused-ring (bicyclic) bond motifs is 2. The monoisotopic (exact) mass is 354 g/mol. The number of benzene rings is 1. The first-order valence-corrected chi connectivity index (χ1v) is 8.77. The molecule has 0 amide bonds. The van der Waals surface area contributed by atoms with Gasteiger partial charge in [-0.3, -0.25) is 4.79 Å². The van der Waals surface area contributed by atoms with Gasteiger partial charge in [-0.05, 0) is 23.8 Å². The zero-order valence-electron chi connectivity index (χ0n) is 15.0. The Morgan fingerprint density at radius 2 is 2.15 bits per heavy atom. The largest absolute Gasteiger partial charge is 0.489 e. The van der Waals surface area contributed by atoms with Crippen LogP contribution in [0.25, 0.3) is 0 Å². The Labute approximate surface area is 152 Å². The summed E-state index contributed by atoms with van der Waals surface area (Å²) in [5.74, 6) is 2.25. The molecule has 2 aliphatic heterocycles. The minimum atomic E-state index is -0.966. The van der Waals surface area contributed by atoms with E-state index in [4.69, 9.17) is 18.9 Å². The third-order valence-electron chi connectivity index (χ3n) is 5.36. The SMILES string of the molecule is C=CC[C@]1(OC)C=C2C(=CC1=O)O[C@@H](Cc1ccc3c(c1)OCO3)[C@@H]2C. The van der Waals surface area contributed by atoms with Crippen molar-refractivity contribution in [1.82, 2.24) is 0 Å². The summed E-state index contributed by atoms with van der Waals surface area (Å²) in [6.07, 6.45) is 6.31. The van der Waals surface area contributed by atoms with Crippen molar-refractivity contribution in [3.8, 4) is 11.5 Å². The fourth-order valence-electron chi connectivity index (χ4n) is 3.78. The van der Waals surface area contributed by atoms with Gasteiger partial charge in [0.25, 0.3) is 0 Å². The summed E-state index contributed by atoms with van der Waals surface area (Å²) in [4.78, 5) is 12.6. The molecule has 0 bridgehead atoms. The molecule has 3 atom stereocenters. The van der Waals surface area contributed by atoms with E-state index in [-0.39, 0.29) is 24.6 Å². The normalized spacial score (nSPS) is 28.9. The number of hydrogen-bond donors (Lipinski definition) is 0. The standard InChI is InChI=1S/C21H22O5/c1-4-7-21(23-3)11-15-13(2)17(26-18(15)10-20(21)22)8-14-5-6-16-19(9-14)25-12-24-16/h4-6,9-11,13,17H,1,7-8,12H2,2-3H3/t13-,17+,21+/m1/s1. The van der Waals surface area contributed by atoms with E-state index in [0.29, 0.717) is 12.2 Å². The lowest BCUT2D eigenvalue weighted by molar-refractivity contribution is -0.130. The van der Waals surface area contributed by atoms with Crippen molar-refractivity contribution < 1.29 is 23.7 Å². The molecule has 0 unspecified atom stereocenters. The van der Waals surface area contributed by atoms with Gasteiger partial charge in [0, 0.05) is 37.5 Å². The molecule has 26 heavy (non-hydrogen) atoms. The molecule has 0 radical (unpaired) electrons. The topological polar surface area (TPSA) is 54.0 Å². The van der Waals surface area contributed by atoms with Crippen LogP contribution in [0, 0.1) is 5.92 Å². The van der Waals surface area contributed by atoms with Crippen molar-refractivity contribution in [3.05, 3.63) is 59.9 Å². The second-order valence-electron chi connectivity index (χ2n) is 6.90. The van der Waals surface area contributed by atoms with E-state index in [1.165, 1.54) is 0 Å². The number of rotatable bonds is 5. The van der Waals surface area contributed by atoms with Crippen LogP contribution in [0.2, 0.25) is 0 Å². The first-order chi connectivity index (χ1) is 12.6.